The summed E-state index contributed by atoms with van der Waals surface area (Å²) in [6, 6.07) is 0.712. The molecule has 5 nitrogen and oxygen atoms in total. The highest BCUT2D eigenvalue weighted by molar-refractivity contribution is 5.85. The maximum absolute atomic E-state index is 14.1. The van der Waals surface area contributed by atoms with E-state index in [9.17, 15) is 13.2 Å². The molecule has 0 amide bonds. The molecule has 1 aromatic carbocycles. The van der Waals surface area contributed by atoms with Crippen molar-refractivity contribution in [3.05, 3.63) is 23.9 Å². The lowest BCUT2D eigenvalue weighted by Crippen LogP contribution is -2.43. The summed E-state index contributed by atoms with van der Waals surface area (Å²) in [5.74, 6) is -1.74. The molecule has 0 saturated carbocycles. The zero-order valence-corrected chi connectivity index (χ0v) is 13.8. The highest BCUT2D eigenvalue weighted by atomic mass is 19.1. The molecule has 0 radical (unpaired) electrons. The van der Waals surface area contributed by atoms with Crippen molar-refractivity contribution in [2.75, 3.05) is 26.8 Å². The Bertz CT molecular complexity index is 819. The Hall–Kier alpha value is -2.09. The van der Waals surface area contributed by atoms with Gasteiger partial charge in [-0.15, -0.1) is 0 Å². The zero-order chi connectivity index (χ0) is 17.6. The molecule has 2 aliphatic heterocycles. The molecule has 2 saturated heterocycles. The van der Waals surface area contributed by atoms with Crippen LogP contribution in [-0.2, 0) is 0 Å². The van der Waals surface area contributed by atoms with Crippen LogP contribution in [0.4, 0.5) is 13.2 Å². The van der Waals surface area contributed by atoms with Gasteiger partial charge in [-0.1, -0.05) is 0 Å². The minimum absolute atomic E-state index is 0.0106. The molecule has 2 atom stereocenters. The first-order valence-electron chi connectivity index (χ1n) is 8.23. The number of benzene rings is 1. The number of rotatable bonds is 4. The zero-order valence-electron chi connectivity index (χ0n) is 13.8. The van der Waals surface area contributed by atoms with Gasteiger partial charge in [0.2, 0.25) is 0 Å². The minimum Gasteiger partial charge on any atom is -0.493 e. The van der Waals surface area contributed by atoms with E-state index in [-0.39, 0.29) is 34.8 Å². The van der Waals surface area contributed by atoms with Gasteiger partial charge >= 0.3 is 6.01 Å². The van der Waals surface area contributed by atoms with Crippen LogP contribution >= 0.6 is 0 Å². The molecule has 4 rings (SSSR count). The molecule has 1 aromatic heterocycles. The van der Waals surface area contributed by atoms with Crippen LogP contribution in [0.15, 0.2) is 12.3 Å². The molecule has 3 heterocycles. The molecule has 2 fully saturated rings. The fourth-order valence-corrected chi connectivity index (χ4v) is 4.01. The summed E-state index contributed by atoms with van der Waals surface area (Å²) in [7, 11) is 1.29. The van der Waals surface area contributed by atoms with E-state index >= 15 is 0 Å². The van der Waals surface area contributed by atoms with Gasteiger partial charge in [0.05, 0.1) is 18.0 Å². The standard InChI is InChI=1S/C17H18F3N3O2/c1-24-15-11-7-21-16(22-14(11)12(19)5-13(15)20)25-9-17-3-2-4-23(17)8-10(18)6-17/h5,7,10H,2-4,6,8-9H2,1H3/t10-,17+/m1/s1. The molecular weight excluding hydrogens is 335 g/mol. The van der Waals surface area contributed by atoms with Gasteiger partial charge in [0.15, 0.2) is 17.4 Å². The van der Waals surface area contributed by atoms with E-state index in [1.807, 2.05) is 0 Å². The number of nitrogens with zero attached hydrogens (tertiary/aromatic N) is 3. The van der Waals surface area contributed by atoms with Crippen molar-refractivity contribution in [3.63, 3.8) is 0 Å². The number of methoxy groups -OCH3 is 1. The molecule has 0 aliphatic carbocycles. The molecular formula is C17H18F3N3O2. The van der Waals surface area contributed by atoms with Crippen molar-refractivity contribution in [2.24, 2.45) is 0 Å². The van der Waals surface area contributed by atoms with E-state index in [2.05, 4.69) is 14.9 Å². The van der Waals surface area contributed by atoms with Crippen LogP contribution in [0, 0.1) is 11.6 Å². The number of hydrogen-bond donors (Lipinski definition) is 0. The normalized spacial score (nSPS) is 26.2. The fourth-order valence-electron chi connectivity index (χ4n) is 4.01. The van der Waals surface area contributed by atoms with Gasteiger partial charge in [-0.2, -0.15) is 4.98 Å². The van der Waals surface area contributed by atoms with Crippen molar-refractivity contribution >= 4 is 10.9 Å². The average Bonchev–Trinajstić information content (AvgIpc) is 3.09. The maximum atomic E-state index is 14.1. The Morgan fingerprint density at radius 3 is 3.00 bits per heavy atom. The fraction of sp³-hybridized carbons (Fsp3) is 0.529. The first kappa shape index (κ1) is 16.4. The Balaban J connectivity index is 1.60. The molecule has 134 valence electrons. The van der Waals surface area contributed by atoms with Crippen molar-refractivity contribution in [3.8, 4) is 11.8 Å². The van der Waals surface area contributed by atoms with Crippen molar-refractivity contribution in [2.45, 2.75) is 31.0 Å². The lowest BCUT2D eigenvalue weighted by molar-refractivity contribution is 0.107. The smallest absolute Gasteiger partial charge is 0.317 e. The number of alkyl halides is 1. The summed E-state index contributed by atoms with van der Waals surface area (Å²) in [5.41, 5.74) is -0.407. The summed E-state index contributed by atoms with van der Waals surface area (Å²) in [4.78, 5) is 10.2. The van der Waals surface area contributed by atoms with Gasteiger partial charge < -0.3 is 9.47 Å². The first-order chi connectivity index (χ1) is 12.0. The second-order valence-corrected chi connectivity index (χ2v) is 6.65. The second kappa shape index (κ2) is 6.01. The number of aromatic nitrogens is 2. The van der Waals surface area contributed by atoms with Gasteiger partial charge in [-0.3, -0.25) is 4.90 Å². The molecule has 2 aliphatic rings. The molecule has 8 heteroatoms. The molecule has 0 spiro atoms. The second-order valence-electron chi connectivity index (χ2n) is 6.65. The Labute approximate surface area is 142 Å². The van der Waals surface area contributed by atoms with Crippen LogP contribution in [0.2, 0.25) is 0 Å². The van der Waals surface area contributed by atoms with Gasteiger partial charge in [0.1, 0.15) is 18.3 Å². The van der Waals surface area contributed by atoms with Crippen LogP contribution < -0.4 is 9.47 Å². The third-order valence-corrected chi connectivity index (χ3v) is 5.14. The maximum Gasteiger partial charge on any atom is 0.317 e. The summed E-state index contributed by atoms with van der Waals surface area (Å²) in [5, 5.41) is 0.137. The van der Waals surface area contributed by atoms with Crippen LogP contribution in [0.25, 0.3) is 10.9 Å². The van der Waals surface area contributed by atoms with E-state index in [1.165, 1.54) is 13.3 Å². The van der Waals surface area contributed by atoms with Crippen LogP contribution in [0.3, 0.4) is 0 Å². The lowest BCUT2D eigenvalue weighted by atomic mass is 9.95. The SMILES string of the molecule is COc1c(F)cc(F)c2nc(OC[C@@]34CCCN3C[C@H](F)C4)ncc12. The van der Waals surface area contributed by atoms with E-state index in [1.54, 1.807) is 0 Å². The van der Waals surface area contributed by atoms with Gasteiger partial charge in [-0.25, -0.2) is 18.2 Å². The third-order valence-electron chi connectivity index (χ3n) is 5.14. The molecule has 0 bridgehead atoms. The summed E-state index contributed by atoms with van der Waals surface area (Å²) in [6.07, 6.45) is 2.70. The van der Waals surface area contributed by atoms with Crippen molar-refractivity contribution in [1.82, 2.24) is 14.9 Å². The van der Waals surface area contributed by atoms with Crippen molar-refractivity contribution < 1.29 is 22.6 Å². The average molecular weight is 353 g/mol. The summed E-state index contributed by atoms with van der Waals surface area (Å²) < 4.78 is 52.2. The van der Waals surface area contributed by atoms with E-state index in [4.69, 9.17) is 9.47 Å². The molecule has 25 heavy (non-hydrogen) atoms. The number of fused-ring (bicyclic) bond motifs is 2. The monoisotopic (exact) mass is 353 g/mol. The molecule has 0 unspecified atom stereocenters. The number of hydrogen-bond acceptors (Lipinski definition) is 5. The minimum atomic E-state index is -0.855. The number of ether oxygens (including phenoxy) is 2. The van der Waals surface area contributed by atoms with E-state index in [0.717, 1.165) is 25.5 Å². The Morgan fingerprint density at radius 1 is 1.36 bits per heavy atom. The van der Waals surface area contributed by atoms with Gasteiger partial charge in [0.25, 0.3) is 0 Å². The number of halogens is 3. The van der Waals surface area contributed by atoms with Crippen LogP contribution in [0.1, 0.15) is 19.3 Å². The Morgan fingerprint density at radius 2 is 2.20 bits per heavy atom. The van der Waals surface area contributed by atoms with Gasteiger partial charge in [-0.05, 0) is 19.4 Å². The van der Waals surface area contributed by atoms with E-state index < -0.39 is 17.8 Å². The summed E-state index contributed by atoms with van der Waals surface area (Å²) in [6.45, 7) is 1.53. The molecule has 2 aromatic rings. The first-order valence-corrected chi connectivity index (χ1v) is 8.23. The summed E-state index contributed by atoms with van der Waals surface area (Å²) >= 11 is 0. The lowest BCUT2D eigenvalue weighted by Gasteiger charge is -2.30. The van der Waals surface area contributed by atoms with Crippen molar-refractivity contribution in [1.29, 1.82) is 0 Å². The predicted molar refractivity (Wildman–Crippen MR) is 84.6 cm³/mol. The highest BCUT2D eigenvalue weighted by Crippen LogP contribution is 2.40. The Kier molecular flexibility index (Phi) is 3.94. The highest BCUT2D eigenvalue weighted by Gasteiger charge is 2.49. The largest absolute Gasteiger partial charge is 0.493 e. The third kappa shape index (κ3) is 2.68. The topological polar surface area (TPSA) is 47.5 Å². The van der Waals surface area contributed by atoms with Crippen LogP contribution in [0.5, 0.6) is 11.8 Å². The quantitative estimate of drug-likeness (QED) is 0.846. The van der Waals surface area contributed by atoms with Gasteiger partial charge in [0, 0.05) is 25.2 Å². The van der Waals surface area contributed by atoms with E-state index in [0.29, 0.717) is 13.0 Å². The predicted octanol–water partition coefficient (Wildman–Crippen LogP) is 2.87. The van der Waals surface area contributed by atoms with Crippen LogP contribution in [-0.4, -0.2) is 53.4 Å². The molecule has 0 N–H and O–H groups in total.